The van der Waals surface area contributed by atoms with E-state index in [1.54, 1.807) is 6.92 Å². The van der Waals surface area contributed by atoms with Crippen molar-refractivity contribution in [2.24, 2.45) is 0 Å². The van der Waals surface area contributed by atoms with Crippen molar-refractivity contribution >= 4 is 22.4 Å². The summed E-state index contributed by atoms with van der Waals surface area (Å²) in [7, 11) is 0. The molecule has 0 N–H and O–H groups in total. The molecule has 4 nitrogen and oxygen atoms in total. The van der Waals surface area contributed by atoms with Crippen LogP contribution in [0.25, 0.3) is 22.2 Å². The maximum absolute atomic E-state index is 12.3. The van der Waals surface area contributed by atoms with Crippen molar-refractivity contribution in [1.29, 1.82) is 0 Å². The molecule has 0 spiro atoms. The predicted molar refractivity (Wildman–Crippen MR) is 92.5 cm³/mol. The number of nitrogens with zero attached hydrogens (tertiary/aromatic N) is 3. The number of aryl methyl sites for hydroxylation is 1. The summed E-state index contributed by atoms with van der Waals surface area (Å²) >= 11 is 1.36. The highest BCUT2D eigenvalue weighted by atomic mass is 32.1. The molecular formula is C18H13N3OS. The van der Waals surface area contributed by atoms with Gasteiger partial charge in [-0.3, -0.25) is 4.79 Å². The lowest BCUT2D eigenvalue weighted by Crippen LogP contribution is -2.23. The first-order valence-corrected chi connectivity index (χ1v) is 8.06. The first-order chi connectivity index (χ1) is 11.2. The first-order valence-electron chi connectivity index (χ1n) is 7.24. The molecule has 0 fully saturated rings. The number of thiazole rings is 1. The summed E-state index contributed by atoms with van der Waals surface area (Å²) in [6, 6.07) is 18.4. The highest BCUT2D eigenvalue weighted by Gasteiger charge is 2.07. The minimum Gasteiger partial charge on any atom is -0.266 e. The zero-order valence-corrected chi connectivity index (χ0v) is 13.2. The van der Waals surface area contributed by atoms with Gasteiger partial charge in [0.25, 0.3) is 5.56 Å². The molecule has 2 aromatic heterocycles. The minimum atomic E-state index is -0.113. The number of benzene rings is 2. The van der Waals surface area contributed by atoms with Gasteiger partial charge in [0.15, 0.2) is 0 Å². The van der Waals surface area contributed by atoms with Gasteiger partial charge in [0.2, 0.25) is 4.96 Å². The molecule has 5 heteroatoms. The van der Waals surface area contributed by atoms with Crippen molar-refractivity contribution in [3.05, 3.63) is 80.9 Å². The van der Waals surface area contributed by atoms with E-state index in [1.165, 1.54) is 21.4 Å². The highest BCUT2D eigenvalue weighted by Crippen LogP contribution is 2.19. The molecule has 0 aliphatic carbocycles. The Morgan fingerprint density at radius 3 is 2.39 bits per heavy atom. The first kappa shape index (κ1) is 13.8. The second-order valence-corrected chi connectivity index (χ2v) is 6.27. The zero-order chi connectivity index (χ0) is 15.8. The van der Waals surface area contributed by atoms with Crippen LogP contribution in [0.5, 0.6) is 0 Å². The molecule has 0 atom stereocenters. The molecule has 4 aromatic rings. The van der Waals surface area contributed by atoms with E-state index in [0.717, 1.165) is 11.1 Å². The molecule has 2 aromatic carbocycles. The van der Waals surface area contributed by atoms with E-state index in [-0.39, 0.29) is 5.56 Å². The Bertz CT molecular complexity index is 1080. The molecule has 0 saturated heterocycles. The molecule has 0 aliphatic heterocycles. The second kappa shape index (κ2) is 5.44. The van der Waals surface area contributed by atoms with E-state index in [9.17, 15) is 4.79 Å². The Balaban J connectivity index is 1.74. The lowest BCUT2D eigenvalue weighted by molar-refractivity contribution is 0.904. The standard InChI is InChI=1S/C18H13N3OS/c1-12-19-18-21(20-12)17(22)16(23-18)11-13-7-9-15(10-8-13)14-5-3-2-4-6-14/h2-11H,1H3/b16-11-. The number of hydrogen-bond acceptors (Lipinski definition) is 4. The molecule has 4 rings (SSSR count). The summed E-state index contributed by atoms with van der Waals surface area (Å²) < 4.78 is 2.01. The molecule has 2 heterocycles. The number of rotatable bonds is 2. The van der Waals surface area contributed by atoms with Gasteiger partial charge in [0.1, 0.15) is 5.82 Å². The molecule has 0 amide bonds. The van der Waals surface area contributed by atoms with Crippen LogP contribution in [0.15, 0.2) is 59.4 Å². The van der Waals surface area contributed by atoms with Crippen molar-refractivity contribution in [1.82, 2.24) is 14.6 Å². The summed E-state index contributed by atoms with van der Waals surface area (Å²) in [5.74, 6) is 0.618. The van der Waals surface area contributed by atoms with E-state index in [1.807, 2.05) is 36.4 Å². The summed E-state index contributed by atoms with van der Waals surface area (Å²) in [4.78, 5) is 17.2. The van der Waals surface area contributed by atoms with Gasteiger partial charge in [-0.1, -0.05) is 65.9 Å². The van der Waals surface area contributed by atoms with Crippen molar-refractivity contribution in [3.63, 3.8) is 0 Å². The quantitative estimate of drug-likeness (QED) is 0.571. The third kappa shape index (κ3) is 2.55. The maximum Gasteiger partial charge on any atom is 0.291 e. The predicted octanol–water partition coefficient (Wildman–Crippen LogP) is 2.67. The lowest BCUT2D eigenvalue weighted by Gasteiger charge is -2.01. The molecule has 0 bridgehead atoms. The van der Waals surface area contributed by atoms with Gasteiger partial charge in [-0.05, 0) is 29.7 Å². The van der Waals surface area contributed by atoms with Crippen LogP contribution in [0.4, 0.5) is 0 Å². The molecule has 112 valence electrons. The fourth-order valence-electron chi connectivity index (χ4n) is 2.49. The van der Waals surface area contributed by atoms with Crippen LogP contribution in [-0.2, 0) is 0 Å². The van der Waals surface area contributed by atoms with Crippen molar-refractivity contribution in [2.45, 2.75) is 6.92 Å². The average molecular weight is 319 g/mol. The van der Waals surface area contributed by atoms with E-state index in [4.69, 9.17) is 0 Å². The topological polar surface area (TPSA) is 47.3 Å². The van der Waals surface area contributed by atoms with Crippen LogP contribution >= 0.6 is 11.3 Å². The molecule has 0 aliphatic rings. The van der Waals surface area contributed by atoms with Crippen molar-refractivity contribution in [2.75, 3.05) is 0 Å². The third-order valence-corrected chi connectivity index (χ3v) is 4.56. The Kier molecular flexibility index (Phi) is 3.28. The van der Waals surface area contributed by atoms with Crippen LogP contribution in [0.3, 0.4) is 0 Å². The third-order valence-electron chi connectivity index (χ3n) is 3.60. The summed E-state index contributed by atoms with van der Waals surface area (Å²) in [5, 5.41) is 4.11. The summed E-state index contributed by atoms with van der Waals surface area (Å²) in [5.41, 5.74) is 3.21. The zero-order valence-electron chi connectivity index (χ0n) is 12.4. The van der Waals surface area contributed by atoms with Crippen molar-refractivity contribution in [3.8, 4) is 11.1 Å². The minimum absolute atomic E-state index is 0.113. The van der Waals surface area contributed by atoms with E-state index >= 15 is 0 Å². The van der Waals surface area contributed by atoms with Crippen LogP contribution in [0.2, 0.25) is 0 Å². The normalized spacial score (nSPS) is 12.1. The van der Waals surface area contributed by atoms with E-state index < -0.39 is 0 Å². The van der Waals surface area contributed by atoms with Crippen LogP contribution in [0.1, 0.15) is 11.4 Å². The van der Waals surface area contributed by atoms with Gasteiger partial charge < -0.3 is 0 Å². The van der Waals surface area contributed by atoms with Gasteiger partial charge in [-0.2, -0.15) is 4.52 Å². The number of aromatic nitrogens is 3. The Labute approximate surface area is 136 Å². The van der Waals surface area contributed by atoms with Gasteiger partial charge in [-0.15, -0.1) is 5.10 Å². The average Bonchev–Trinajstić information content (AvgIpc) is 3.07. The highest BCUT2D eigenvalue weighted by molar-refractivity contribution is 7.15. The SMILES string of the molecule is Cc1nc2s/c(=C\c3ccc(-c4ccccc4)cc3)c(=O)n2n1. The Morgan fingerprint density at radius 2 is 1.70 bits per heavy atom. The molecule has 0 unspecified atom stereocenters. The second-order valence-electron chi connectivity index (χ2n) is 5.26. The fourth-order valence-corrected chi connectivity index (χ4v) is 3.44. The van der Waals surface area contributed by atoms with Gasteiger partial charge in [-0.25, -0.2) is 4.98 Å². The van der Waals surface area contributed by atoms with Gasteiger partial charge in [0.05, 0.1) is 4.53 Å². The van der Waals surface area contributed by atoms with E-state index in [2.05, 4.69) is 34.3 Å². The smallest absolute Gasteiger partial charge is 0.266 e. The molecule has 0 radical (unpaired) electrons. The number of hydrogen-bond donors (Lipinski definition) is 0. The lowest BCUT2D eigenvalue weighted by atomic mass is 10.0. The van der Waals surface area contributed by atoms with Crippen LogP contribution in [-0.4, -0.2) is 14.6 Å². The van der Waals surface area contributed by atoms with Crippen LogP contribution in [0, 0.1) is 6.92 Å². The molecular weight excluding hydrogens is 306 g/mol. The Hall–Kier alpha value is -2.79. The Morgan fingerprint density at radius 1 is 1.00 bits per heavy atom. The largest absolute Gasteiger partial charge is 0.291 e. The van der Waals surface area contributed by atoms with Gasteiger partial charge >= 0.3 is 0 Å². The summed E-state index contributed by atoms with van der Waals surface area (Å²) in [6.45, 7) is 1.78. The van der Waals surface area contributed by atoms with Gasteiger partial charge in [0, 0.05) is 0 Å². The molecule has 0 saturated carbocycles. The monoisotopic (exact) mass is 319 g/mol. The number of fused-ring (bicyclic) bond motifs is 1. The van der Waals surface area contributed by atoms with E-state index in [0.29, 0.717) is 15.3 Å². The summed E-state index contributed by atoms with van der Waals surface area (Å²) in [6.07, 6.45) is 1.88. The van der Waals surface area contributed by atoms with Crippen molar-refractivity contribution < 1.29 is 0 Å². The maximum atomic E-state index is 12.3. The van der Waals surface area contributed by atoms with Crippen LogP contribution < -0.4 is 10.1 Å². The molecule has 23 heavy (non-hydrogen) atoms. The fraction of sp³-hybridized carbons (Fsp3) is 0.0556.